The molecule has 1 heterocycles. The molecule has 0 fully saturated rings. The molecule has 0 saturated heterocycles. The zero-order chi connectivity index (χ0) is 16.0. The summed E-state index contributed by atoms with van der Waals surface area (Å²) in [6, 6.07) is 0. The topological polar surface area (TPSA) is 81.9 Å². The summed E-state index contributed by atoms with van der Waals surface area (Å²) in [5.74, 6) is 0.296. The number of hydrogen-bond acceptors (Lipinski definition) is 7. The van der Waals surface area contributed by atoms with E-state index in [0.717, 1.165) is 5.76 Å². The molecular formula is C14H22N2O5. The molecule has 0 amide bonds. The van der Waals surface area contributed by atoms with Crippen molar-refractivity contribution in [3.63, 3.8) is 0 Å². The molecule has 0 aliphatic heterocycles. The number of carbonyl (C=O) groups is 2. The normalized spacial score (nSPS) is 11.5. The van der Waals surface area contributed by atoms with E-state index in [1.165, 1.54) is 14.2 Å². The van der Waals surface area contributed by atoms with Crippen LogP contribution in [0.15, 0.2) is 10.6 Å². The van der Waals surface area contributed by atoms with Crippen molar-refractivity contribution in [2.45, 2.75) is 32.7 Å². The Balaban J connectivity index is 2.77. The third-order valence-electron chi connectivity index (χ3n) is 2.81. The van der Waals surface area contributed by atoms with E-state index in [1.807, 2.05) is 20.8 Å². The summed E-state index contributed by atoms with van der Waals surface area (Å²) in [6.45, 7) is 6.17. The Morgan fingerprint density at radius 2 is 1.71 bits per heavy atom. The third-order valence-corrected chi connectivity index (χ3v) is 2.81. The molecular weight excluding hydrogens is 276 g/mol. The summed E-state index contributed by atoms with van der Waals surface area (Å²) in [7, 11) is 2.59. The highest BCUT2D eigenvalue weighted by molar-refractivity contribution is 5.74. The zero-order valence-corrected chi connectivity index (χ0v) is 13.1. The highest BCUT2D eigenvalue weighted by atomic mass is 16.5. The maximum absolute atomic E-state index is 11.4. The van der Waals surface area contributed by atoms with E-state index in [1.54, 1.807) is 11.1 Å². The fourth-order valence-corrected chi connectivity index (χ4v) is 1.58. The lowest BCUT2D eigenvalue weighted by Crippen LogP contribution is -2.35. The number of rotatable bonds is 6. The van der Waals surface area contributed by atoms with Gasteiger partial charge in [0.15, 0.2) is 0 Å². The van der Waals surface area contributed by atoms with E-state index in [-0.39, 0.29) is 25.0 Å². The lowest BCUT2D eigenvalue weighted by Gasteiger charge is -2.18. The molecule has 1 aromatic heterocycles. The van der Waals surface area contributed by atoms with Crippen LogP contribution in [0.25, 0.3) is 0 Å². The zero-order valence-electron chi connectivity index (χ0n) is 13.1. The molecule has 0 spiro atoms. The van der Waals surface area contributed by atoms with Gasteiger partial charge in [0.05, 0.1) is 40.1 Å². The molecule has 7 nitrogen and oxygen atoms in total. The molecule has 1 aromatic rings. The van der Waals surface area contributed by atoms with Crippen LogP contribution in [0.4, 0.5) is 0 Å². The largest absolute Gasteiger partial charge is 0.468 e. The Hall–Kier alpha value is -1.89. The van der Waals surface area contributed by atoms with Crippen molar-refractivity contribution in [2.24, 2.45) is 0 Å². The molecule has 7 heteroatoms. The molecule has 0 aromatic carbocycles. The predicted molar refractivity (Wildman–Crippen MR) is 74.5 cm³/mol. The maximum atomic E-state index is 11.4. The third kappa shape index (κ3) is 5.55. The Kier molecular flexibility index (Phi) is 5.90. The lowest BCUT2D eigenvalue weighted by atomic mass is 9.94. The van der Waals surface area contributed by atoms with Crippen LogP contribution in [0.5, 0.6) is 0 Å². The minimum Gasteiger partial charge on any atom is -0.468 e. The summed E-state index contributed by atoms with van der Waals surface area (Å²) < 4.78 is 14.9. The standard InChI is InChI=1S/C14H22N2O5/c1-14(2,3)10-6-15-11(21-10)7-16(8-12(17)19-4)9-13(18)20-5/h6H,7-9H2,1-5H3. The fraction of sp³-hybridized carbons (Fsp3) is 0.643. The SMILES string of the molecule is COC(=O)CN(CC(=O)OC)Cc1ncc(C(C)(C)C)o1. The molecule has 0 atom stereocenters. The number of carbonyl (C=O) groups excluding carboxylic acids is 2. The van der Waals surface area contributed by atoms with Crippen molar-refractivity contribution in [1.29, 1.82) is 0 Å². The van der Waals surface area contributed by atoms with Gasteiger partial charge in [-0.15, -0.1) is 0 Å². The van der Waals surface area contributed by atoms with Crippen LogP contribution in [-0.2, 0) is 31.0 Å². The van der Waals surface area contributed by atoms with Gasteiger partial charge in [0.25, 0.3) is 0 Å². The van der Waals surface area contributed by atoms with E-state index in [0.29, 0.717) is 5.89 Å². The molecule has 0 aliphatic carbocycles. The average Bonchev–Trinajstić information content (AvgIpc) is 2.86. The van der Waals surface area contributed by atoms with Crippen molar-refractivity contribution >= 4 is 11.9 Å². The number of nitrogens with zero attached hydrogens (tertiary/aromatic N) is 2. The summed E-state index contributed by atoms with van der Waals surface area (Å²) in [6.07, 6.45) is 1.66. The number of esters is 2. The maximum Gasteiger partial charge on any atom is 0.319 e. The van der Waals surface area contributed by atoms with Crippen LogP contribution >= 0.6 is 0 Å². The van der Waals surface area contributed by atoms with Gasteiger partial charge >= 0.3 is 11.9 Å². The summed E-state index contributed by atoms with van der Waals surface area (Å²) in [5, 5.41) is 0. The predicted octanol–water partition coefficient (Wildman–Crippen LogP) is 1.12. The molecule has 0 aliphatic rings. The van der Waals surface area contributed by atoms with Crippen LogP contribution in [0.2, 0.25) is 0 Å². The van der Waals surface area contributed by atoms with E-state index in [4.69, 9.17) is 4.42 Å². The summed E-state index contributed by atoms with van der Waals surface area (Å²) in [5.41, 5.74) is -0.152. The van der Waals surface area contributed by atoms with Crippen LogP contribution in [0, 0.1) is 0 Å². The van der Waals surface area contributed by atoms with Gasteiger partial charge in [0.2, 0.25) is 5.89 Å². The van der Waals surface area contributed by atoms with Gasteiger partial charge in [-0.3, -0.25) is 14.5 Å². The summed E-state index contributed by atoms with van der Waals surface area (Å²) in [4.78, 5) is 28.5. The number of ether oxygens (including phenoxy) is 2. The first-order valence-electron chi connectivity index (χ1n) is 6.57. The van der Waals surface area contributed by atoms with Crippen LogP contribution in [0.3, 0.4) is 0 Å². The molecule has 0 N–H and O–H groups in total. The van der Waals surface area contributed by atoms with E-state index in [9.17, 15) is 9.59 Å². The minimum atomic E-state index is -0.443. The molecule has 0 radical (unpaired) electrons. The number of hydrogen-bond donors (Lipinski definition) is 0. The van der Waals surface area contributed by atoms with Crippen molar-refractivity contribution in [2.75, 3.05) is 27.3 Å². The van der Waals surface area contributed by atoms with Crippen molar-refractivity contribution in [3.05, 3.63) is 17.8 Å². The molecule has 0 bridgehead atoms. The van der Waals surface area contributed by atoms with Gasteiger partial charge in [0.1, 0.15) is 5.76 Å². The lowest BCUT2D eigenvalue weighted by molar-refractivity contribution is -0.145. The molecule has 0 unspecified atom stereocenters. The van der Waals surface area contributed by atoms with Gasteiger partial charge in [0, 0.05) is 5.41 Å². The van der Waals surface area contributed by atoms with E-state index >= 15 is 0 Å². The smallest absolute Gasteiger partial charge is 0.319 e. The Labute approximate surface area is 124 Å². The monoisotopic (exact) mass is 298 g/mol. The van der Waals surface area contributed by atoms with E-state index < -0.39 is 11.9 Å². The van der Waals surface area contributed by atoms with Crippen LogP contribution in [-0.4, -0.2) is 49.1 Å². The average molecular weight is 298 g/mol. The second-order valence-corrected chi connectivity index (χ2v) is 5.67. The molecule has 118 valence electrons. The Morgan fingerprint density at radius 1 is 1.19 bits per heavy atom. The first kappa shape index (κ1) is 17.2. The fourth-order valence-electron chi connectivity index (χ4n) is 1.58. The Bertz CT molecular complexity index is 472. The van der Waals surface area contributed by atoms with Crippen LogP contribution in [0.1, 0.15) is 32.4 Å². The second-order valence-electron chi connectivity index (χ2n) is 5.67. The first-order valence-corrected chi connectivity index (χ1v) is 6.57. The minimum absolute atomic E-state index is 0.0428. The van der Waals surface area contributed by atoms with Crippen molar-refractivity contribution < 1.29 is 23.5 Å². The molecule has 0 saturated carbocycles. The quantitative estimate of drug-likeness (QED) is 0.728. The van der Waals surface area contributed by atoms with Gasteiger partial charge < -0.3 is 13.9 Å². The summed E-state index contributed by atoms with van der Waals surface area (Å²) >= 11 is 0. The van der Waals surface area contributed by atoms with E-state index in [2.05, 4.69) is 14.5 Å². The molecule has 1 rings (SSSR count). The Morgan fingerprint density at radius 3 is 2.10 bits per heavy atom. The number of oxazole rings is 1. The number of aromatic nitrogens is 1. The van der Waals surface area contributed by atoms with Gasteiger partial charge in [-0.25, -0.2) is 4.98 Å². The van der Waals surface area contributed by atoms with Crippen molar-refractivity contribution in [1.82, 2.24) is 9.88 Å². The number of methoxy groups -OCH3 is 2. The van der Waals surface area contributed by atoms with Crippen molar-refractivity contribution in [3.8, 4) is 0 Å². The highest BCUT2D eigenvalue weighted by Gasteiger charge is 2.22. The van der Waals surface area contributed by atoms with Gasteiger partial charge in [-0.05, 0) is 0 Å². The first-order chi connectivity index (χ1) is 9.76. The van der Waals surface area contributed by atoms with Crippen LogP contribution < -0.4 is 0 Å². The van der Waals surface area contributed by atoms with Gasteiger partial charge in [-0.2, -0.15) is 0 Å². The molecule has 21 heavy (non-hydrogen) atoms. The second kappa shape index (κ2) is 7.21. The highest BCUT2D eigenvalue weighted by Crippen LogP contribution is 2.23. The van der Waals surface area contributed by atoms with Gasteiger partial charge in [-0.1, -0.05) is 20.8 Å².